The van der Waals surface area contributed by atoms with Gasteiger partial charge in [-0.15, -0.1) is 12.3 Å². The van der Waals surface area contributed by atoms with E-state index in [1.165, 1.54) is 19.3 Å². The van der Waals surface area contributed by atoms with Crippen LogP contribution in [0.25, 0.3) is 0 Å². The Balaban J connectivity index is 2.65. The molecule has 0 aromatic carbocycles. The molecule has 0 amide bonds. The van der Waals surface area contributed by atoms with Gasteiger partial charge in [0.15, 0.2) is 0 Å². The first-order valence-electron chi connectivity index (χ1n) is 5.77. The minimum absolute atomic E-state index is 0.0432. The molecule has 1 saturated heterocycles. The van der Waals surface area contributed by atoms with Crippen LogP contribution in [0.2, 0.25) is 0 Å². The van der Waals surface area contributed by atoms with Gasteiger partial charge < -0.3 is 0 Å². The number of hydrogen-bond donors (Lipinski definition) is 2. The van der Waals surface area contributed by atoms with Crippen molar-refractivity contribution < 1.29 is 0 Å². The zero-order chi connectivity index (χ0) is 11.3. The van der Waals surface area contributed by atoms with Crippen molar-refractivity contribution in [2.24, 2.45) is 5.84 Å². The predicted octanol–water partition coefficient (Wildman–Crippen LogP) is 1.11. The highest BCUT2D eigenvalue weighted by Gasteiger charge is 2.34. The molecule has 1 aliphatic rings. The molecule has 15 heavy (non-hydrogen) atoms. The van der Waals surface area contributed by atoms with E-state index in [4.69, 9.17) is 12.3 Å². The Morgan fingerprint density at radius 3 is 2.47 bits per heavy atom. The fraction of sp³-hybridized carbons (Fsp3) is 0.833. The summed E-state index contributed by atoms with van der Waals surface area (Å²) in [4.78, 5) is 2.50. The molecule has 1 atom stereocenters. The summed E-state index contributed by atoms with van der Waals surface area (Å²) in [5, 5.41) is 0. The van der Waals surface area contributed by atoms with Crippen molar-refractivity contribution in [3.05, 3.63) is 0 Å². The van der Waals surface area contributed by atoms with E-state index in [1.54, 1.807) is 0 Å². The summed E-state index contributed by atoms with van der Waals surface area (Å²) >= 11 is 0. The summed E-state index contributed by atoms with van der Waals surface area (Å²) in [5.41, 5.74) is 2.90. The highest BCUT2D eigenvalue weighted by molar-refractivity contribution is 5.00. The Kier molecular flexibility index (Phi) is 4.59. The first kappa shape index (κ1) is 12.5. The molecule has 0 bridgehead atoms. The maximum Gasteiger partial charge on any atom is 0.0498 e. The van der Waals surface area contributed by atoms with E-state index < -0.39 is 0 Å². The van der Waals surface area contributed by atoms with Gasteiger partial charge in [-0.3, -0.25) is 16.2 Å². The molecule has 1 unspecified atom stereocenters. The highest BCUT2D eigenvalue weighted by atomic mass is 15.3. The predicted molar refractivity (Wildman–Crippen MR) is 64.1 cm³/mol. The number of likely N-dealkylation sites (tertiary alicyclic amines) is 1. The van der Waals surface area contributed by atoms with E-state index in [0.29, 0.717) is 6.42 Å². The quantitative estimate of drug-likeness (QED) is 0.414. The molecule has 0 saturated carbocycles. The van der Waals surface area contributed by atoms with Gasteiger partial charge in [-0.2, -0.15) is 0 Å². The molecule has 3 heteroatoms. The lowest BCUT2D eigenvalue weighted by atomic mass is 9.88. The van der Waals surface area contributed by atoms with Gasteiger partial charge in [-0.1, -0.05) is 6.42 Å². The van der Waals surface area contributed by atoms with E-state index in [-0.39, 0.29) is 11.6 Å². The first-order chi connectivity index (χ1) is 7.12. The third kappa shape index (κ3) is 2.94. The van der Waals surface area contributed by atoms with Gasteiger partial charge in [-0.05, 0) is 39.8 Å². The summed E-state index contributed by atoms with van der Waals surface area (Å²) in [5.74, 6) is 8.27. The van der Waals surface area contributed by atoms with Gasteiger partial charge >= 0.3 is 0 Å². The zero-order valence-electron chi connectivity index (χ0n) is 9.92. The molecule has 1 rings (SSSR count). The van der Waals surface area contributed by atoms with Crippen LogP contribution in [0.3, 0.4) is 0 Å². The Labute approximate surface area is 93.4 Å². The average molecular weight is 209 g/mol. The number of terminal acetylenes is 1. The molecular formula is C12H23N3. The maximum absolute atomic E-state index is 5.58. The fourth-order valence-corrected chi connectivity index (χ4v) is 2.32. The van der Waals surface area contributed by atoms with E-state index in [9.17, 15) is 0 Å². The number of hydrogen-bond acceptors (Lipinski definition) is 3. The number of nitrogens with zero attached hydrogens (tertiary/aromatic N) is 1. The normalized spacial score (nSPS) is 20.9. The highest BCUT2D eigenvalue weighted by Crippen LogP contribution is 2.24. The second-order valence-electron chi connectivity index (χ2n) is 4.83. The Hall–Kier alpha value is -0.560. The molecule has 1 heterocycles. The maximum atomic E-state index is 5.58. The van der Waals surface area contributed by atoms with Gasteiger partial charge in [0.2, 0.25) is 0 Å². The summed E-state index contributed by atoms with van der Waals surface area (Å²) in [6, 6.07) is 0.167. The van der Waals surface area contributed by atoms with E-state index in [2.05, 4.69) is 30.1 Å². The molecule has 86 valence electrons. The van der Waals surface area contributed by atoms with Crippen molar-refractivity contribution >= 4 is 0 Å². The molecule has 3 nitrogen and oxygen atoms in total. The van der Waals surface area contributed by atoms with Gasteiger partial charge in [0.05, 0.1) is 0 Å². The standard InChI is InChI=1S/C12H23N3/c1-4-8-11(14-13)12(2,3)15-9-6-5-7-10-15/h1,11,14H,5-10,13H2,2-3H3. The summed E-state index contributed by atoms with van der Waals surface area (Å²) in [6.07, 6.45) is 9.97. The minimum Gasteiger partial charge on any atom is -0.297 e. The smallest absolute Gasteiger partial charge is 0.0498 e. The lowest BCUT2D eigenvalue weighted by Crippen LogP contribution is -2.60. The van der Waals surface area contributed by atoms with Crippen molar-refractivity contribution in [3.8, 4) is 12.3 Å². The Morgan fingerprint density at radius 2 is 2.00 bits per heavy atom. The van der Waals surface area contributed by atoms with E-state index >= 15 is 0 Å². The molecule has 0 radical (unpaired) electrons. The van der Waals surface area contributed by atoms with E-state index in [1.807, 2.05) is 0 Å². The van der Waals surface area contributed by atoms with Gasteiger partial charge in [0.25, 0.3) is 0 Å². The number of rotatable bonds is 4. The van der Waals surface area contributed by atoms with Crippen LogP contribution in [0, 0.1) is 12.3 Å². The number of piperidine rings is 1. The van der Waals surface area contributed by atoms with Crippen molar-refractivity contribution in [2.75, 3.05) is 13.1 Å². The first-order valence-corrected chi connectivity index (χ1v) is 5.77. The molecule has 1 aliphatic heterocycles. The van der Waals surface area contributed by atoms with Crippen LogP contribution < -0.4 is 11.3 Å². The zero-order valence-corrected chi connectivity index (χ0v) is 9.92. The number of nitrogens with one attached hydrogen (secondary N) is 1. The van der Waals surface area contributed by atoms with Crippen LogP contribution in [0.5, 0.6) is 0 Å². The van der Waals surface area contributed by atoms with Crippen LogP contribution in [0.1, 0.15) is 39.5 Å². The van der Waals surface area contributed by atoms with Crippen molar-refractivity contribution in [3.63, 3.8) is 0 Å². The molecule has 0 spiro atoms. The second kappa shape index (κ2) is 5.50. The lowest BCUT2D eigenvalue weighted by Gasteiger charge is -2.45. The third-order valence-corrected chi connectivity index (χ3v) is 3.55. The van der Waals surface area contributed by atoms with Crippen LogP contribution in [-0.4, -0.2) is 29.6 Å². The molecular weight excluding hydrogens is 186 g/mol. The fourth-order valence-electron chi connectivity index (χ4n) is 2.32. The van der Waals surface area contributed by atoms with Gasteiger partial charge in [0, 0.05) is 18.0 Å². The molecule has 1 fully saturated rings. The van der Waals surface area contributed by atoms with E-state index in [0.717, 1.165) is 13.1 Å². The third-order valence-electron chi connectivity index (χ3n) is 3.55. The topological polar surface area (TPSA) is 41.3 Å². The second-order valence-corrected chi connectivity index (χ2v) is 4.83. The van der Waals surface area contributed by atoms with Crippen molar-refractivity contribution in [2.45, 2.75) is 51.1 Å². The number of nitrogens with two attached hydrogens (primary N) is 1. The van der Waals surface area contributed by atoms with Gasteiger partial charge in [-0.25, -0.2) is 0 Å². The minimum atomic E-state index is 0.0432. The SMILES string of the molecule is C#CCC(NN)C(C)(C)N1CCCCC1. The van der Waals surface area contributed by atoms with Crippen LogP contribution in [0.4, 0.5) is 0 Å². The van der Waals surface area contributed by atoms with Crippen LogP contribution in [0.15, 0.2) is 0 Å². The monoisotopic (exact) mass is 209 g/mol. The van der Waals surface area contributed by atoms with Crippen LogP contribution in [-0.2, 0) is 0 Å². The summed E-state index contributed by atoms with van der Waals surface area (Å²) in [7, 11) is 0. The van der Waals surface area contributed by atoms with Crippen LogP contribution >= 0.6 is 0 Å². The largest absolute Gasteiger partial charge is 0.297 e. The summed E-state index contributed by atoms with van der Waals surface area (Å²) in [6.45, 7) is 6.77. The van der Waals surface area contributed by atoms with Gasteiger partial charge in [0.1, 0.15) is 0 Å². The molecule has 3 N–H and O–H groups in total. The Bertz CT molecular complexity index is 224. The number of hydrazine groups is 1. The van der Waals surface area contributed by atoms with Crippen molar-refractivity contribution in [1.29, 1.82) is 0 Å². The molecule has 0 aromatic rings. The summed E-state index contributed by atoms with van der Waals surface area (Å²) < 4.78 is 0. The Morgan fingerprint density at radius 1 is 1.40 bits per heavy atom. The molecule has 0 aromatic heterocycles. The molecule has 0 aliphatic carbocycles. The van der Waals surface area contributed by atoms with Crippen molar-refractivity contribution in [1.82, 2.24) is 10.3 Å². The average Bonchev–Trinajstić information content (AvgIpc) is 2.27. The lowest BCUT2D eigenvalue weighted by molar-refractivity contribution is 0.0626.